The molecule has 1 aromatic heterocycles. The SMILES string of the molecule is Cc1nc(Br)ccc1NC(=O)C(C(F)(F)F)C(F)(F)F. The third-order valence-electron chi connectivity index (χ3n) is 2.23. The van der Waals surface area contributed by atoms with E-state index in [9.17, 15) is 31.1 Å². The van der Waals surface area contributed by atoms with Crippen molar-refractivity contribution in [1.82, 2.24) is 4.98 Å². The molecule has 10 heteroatoms. The summed E-state index contributed by atoms with van der Waals surface area (Å²) in [5, 5.41) is 1.59. The molecular weight excluding hydrogens is 358 g/mol. The van der Waals surface area contributed by atoms with Crippen molar-refractivity contribution >= 4 is 27.5 Å². The third-order valence-corrected chi connectivity index (χ3v) is 2.67. The summed E-state index contributed by atoms with van der Waals surface area (Å²) >= 11 is 2.97. The van der Waals surface area contributed by atoms with E-state index in [0.29, 0.717) is 4.60 Å². The third kappa shape index (κ3) is 4.09. The highest BCUT2D eigenvalue weighted by atomic mass is 79.9. The highest BCUT2D eigenvalue weighted by Gasteiger charge is 2.61. The van der Waals surface area contributed by atoms with E-state index in [1.165, 1.54) is 13.0 Å². The predicted octanol–water partition coefficient (Wildman–Crippen LogP) is 3.83. The van der Waals surface area contributed by atoms with E-state index in [0.717, 1.165) is 6.07 Å². The zero-order chi connectivity index (χ0) is 15.7. The molecule has 0 saturated heterocycles. The molecule has 0 fully saturated rings. The Balaban J connectivity index is 3.04. The van der Waals surface area contributed by atoms with E-state index in [2.05, 4.69) is 20.9 Å². The lowest BCUT2D eigenvalue weighted by atomic mass is 10.1. The quantitative estimate of drug-likeness (QED) is 0.640. The minimum atomic E-state index is -5.72. The van der Waals surface area contributed by atoms with Crippen LogP contribution in [0.4, 0.5) is 32.0 Å². The highest BCUT2D eigenvalue weighted by Crippen LogP contribution is 2.40. The van der Waals surface area contributed by atoms with E-state index in [1.54, 1.807) is 5.32 Å². The molecule has 1 amide bonds. The topological polar surface area (TPSA) is 42.0 Å². The molecule has 1 heterocycles. The summed E-state index contributed by atoms with van der Waals surface area (Å²) in [6.45, 7) is 1.33. The molecule has 0 aromatic carbocycles. The fourth-order valence-electron chi connectivity index (χ4n) is 1.35. The van der Waals surface area contributed by atoms with Gasteiger partial charge in [0.1, 0.15) is 4.60 Å². The Bertz CT molecular complexity index is 499. The minimum absolute atomic E-state index is 0.0795. The molecular formula is C10H7BrF6N2O. The Labute approximate surface area is 117 Å². The van der Waals surface area contributed by atoms with Crippen molar-refractivity contribution in [2.75, 3.05) is 5.32 Å². The number of hydrogen-bond donors (Lipinski definition) is 1. The lowest BCUT2D eigenvalue weighted by Gasteiger charge is -2.22. The second-order valence-electron chi connectivity index (χ2n) is 3.77. The molecule has 0 bridgehead atoms. The standard InChI is InChI=1S/C10H7BrF6N2O/c1-4-5(2-3-6(11)18-4)19-8(20)7(9(12,13)14)10(15,16)17/h2-3,7H,1H3,(H,19,20). The van der Waals surface area contributed by atoms with Crippen molar-refractivity contribution in [1.29, 1.82) is 0 Å². The van der Waals surface area contributed by atoms with Crippen molar-refractivity contribution in [3.8, 4) is 0 Å². The number of carbonyl (C=O) groups is 1. The van der Waals surface area contributed by atoms with Crippen LogP contribution in [0.5, 0.6) is 0 Å². The van der Waals surface area contributed by atoms with Gasteiger partial charge in [-0.2, -0.15) is 26.3 Å². The van der Waals surface area contributed by atoms with Crippen LogP contribution in [0, 0.1) is 12.8 Å². The van der Waals surface area contributed by atoms with Gasteiger partial charge in [-0.3, -0.25) is 4.79 Å². The van der Waals surface area contributed by atoms with E-state index in [1.807, 2.05) is 0 Å². The maximum absolute atomic E-state index is 12.3. The van der Waals surface area contributed by atoms with Gasteiger partial charge in [0.15, 0.2) is 0 Å². The van der Waals surface area contributed by atoms with Gasteiger partial charge in [0.25, 0.3) is 0 Å². The van der Waals surface area contributed by atoms with E-state index >= 15 is 0 Å². The molecule has 0 saturated carbocycles. The average molecular weight is 365 g/mol. The Morgan fingerprint density at radius 1 is 1.20 bits per heavy atom. The van der Waals surface area contributed by atoms with E-state index < -0.39 is 24.2 Å². The van der Waals surface area contributed by atoms with E-state index in [-0.39, 0.29) is 11.4 Å². The van der Waals surface area contributed by atoms with Gasteiger partial charge in [0, 0.05) is 0 Å². The number of carbonyl (C=O) groups excluding carboxylic acids is 1. The van der Waals surface area contributed by atoms with Crippen LogP contribution >= 0.6 is 15.9 Å². The van der Waals surface area contributed by atoms with Crippen molar-refractivity contribution in [3.05, 3.63) is 22.4 Å². The van der Waals surface area contributed by atoms with Gasteiger partial charge in [-0.15, -0.1) is 0 Å². The van der Waals surface area contributed by atoms with Crippen LogP contribution in [0.3, 0.4) is 0 Å². The first-order valence-electron chi connectivity index (χ1n) is 5.00. The normalized spacial score (nSPS) is 12.7. The Morgan fingerprint density at radius 3 is 2.10 bits per heavy atom. The van der Waals surface area contributed by atoms with Gasteiger partial charge in [-0.05, 0) is 35.0 Å². The second kappa shape index (κ2) is 5.58. The summed E-state index contributed by atoms with van der Waals surface area (Å²) in [6, 6.07) is 2.42. The monoisotopic (exact) mass is 364 g/mol. The van der Waals surface area contributed by atoms with Crippen molar-refractivity contribution in [2.45, 2.75) is 19.3 Å². The number of alkyl halides is 6. The molecule has 0 atom stereocenters. The number of aryl methyl sites for hydroxylation is 1. The van der Waals surface area contributed by atoms with Crippen LogP contribution in [-0.4, -0.2) is 23.2 Å². The first kappa shape index (κ1) is 16.7. The largest absolute Gasteiger partial charge is 0.409 e. The number of aromatic nitrogens is 1. The summed E-state index contributed by atoms with van der Waals surface area (Å²) in [5.74, 6) is -6.28. The van der Waals surface area contributed by atoms with Crippen LogP contribution in [0.25, 0.3) is 0 Å². The number of hydrogen-bond acceptors (Lipinski definition) is 2. The lowest BCUT2D eigenvalue weighted by Crippen LogP contribution is -2.45. The minimum Gasteiger partial charge on any atom is -0.324 e. The molecule has 1 N–H and O–H groups in total. The Morgan fingerprint density at radius 2 is 1.70 bits per heavy atom. The fraction of sp³-hybridized carbons (Fsp3) is 0.400. The lowest BCUT2D eigenvalue weighted by molar-refractivity contribution is -0.272. The van der Waals surface area contributed by atoms with Gasteiger partial charge >= 0.3 is 12.4 Å². The molecule has 3 nitrogen and oxygen atoms in total. The first-order valence-corrected chi connectivity index (χ1v) is 5.79. The van der Waals surface area contributed by atoms with Crippen LogP contribution in [0.1, 0.15) is 5.69 Å². The van der Waals surface area contributed by atoms with Gasteiger partial charge in [0.05, 0.1) is 11.4 Å². The number of anilines is 1. The van der Waals surface area contributed by atoms with Gasteiger partial charge in [0.2, 0.25) is 11.8 Å². The number of amides is 1. The zero-order valence-electron chi connectivity index (χ0n) is 9.73. The van der Waals surface area contributed by atoms with Crippen molar-refractivity contribution in [3.63, 3.8) is 0 Å². The molecule has 0 aliphatic heterocycles. The number of halogens is 7. The summed E-state index contributed by atoms with van der Waals surface area (Å²) in [6.07, 6.45) is -11.4. The summed E-state index contributed by atoms with van der Waals surface area (Å²) in [7, 11) is 0. The maximum atomic E-state index is 12.3. The molecule has 0 aliphatic carbocycles. The zero-order valence-corrected chi connectivity index (χ0v) is 11.3. The molecule has 1 rings (SSSR count). The van der Waals surface area contributed by atoms with E-state index in [4.69, 9.17) is 0 Å². The molecule has 1 aromatic rings. The van der Waals surface area contributed by atoms with Gasteiger partial charge < -0.3 is 5.32 Å². The molecule has 0 radical (unpaired) electrons. The van der Waals surface area contributed by atoms with Crippen LogP contribution in [0.15, 0.2) is 16.7 Å². The smallest absolute Gasteiger partial charge is 0.324 e. The Kier molecular flexibility index (Phi) is 4.67. The molecule has 20 heavy (non-hydrogen) atoms. The average Bonchev–Trinajstić information content (AvgIpc) is 2.17. The number of nitrogens with one attached hydrogen (secondary N) is 1. The molecule has 0 spiro atoms. The molecule has 112 valence electrons. The number of nitrogens with zero attached hydrogens (tertiary/aromatic N) is 1. The summed E-state index contributed by atoms with van der Waals surface area (Å²) < 4.78 is 74.3. The van der Waals surface area contributed by atoms with Crippen LogP contribution in [-0.2, 0) is 4.79 Å². The summed E-state index contributed by atoms with van der Waals surface area (Å²) in [4.78, 5) is 15.0. The van der Waals surface area contributed by atoms with Crippen molar-refractivity contribution in [2.24, 2.45) is 5.92 Å². The van der Waals surface area contributed by atoms with Crippen LogP contribution in [0.2, 0.25) is 0 Å². The van der Waals surface area contributed by atoms with Gasteiger partial charge in [-0.25, -0.2) is 4.98 Å². The number of pyridine rings is 1. The molecule has 0 unspecified atom stereocenters. The number of rotatable bonds is 2. The Hall–Kier alpha value is -1.32. The first-order chi connectivity index (χ1) is 8.93. The maximum Gasteiger partial charge on any atom is 0.409 e. The predicted molar refractivity (Wildman–Crippen MR) is 60.9 cm³/mol. The van der Waals surface area contributed by atoms with Gasteiger partial charge in [-0.1, -0.05) is 0 Å². The highest BCUT2D eigenvalue weighted by molar-refractivity contribution is 9.10. The van der Waals surface area contributed by atoms with Crippen LogP contribution < -0.4 is 5.32 Å². The molecule has 0 aliphatic rings. The summed E-state index contributed by atoms with van der Waals surface area (Å²) in [5.41, 5.74) is -0.146. The van der Waals surface area contributed by atoms with Crippen molar-refractivity contribution < 1.29 is 31.1 Å². The second-order valence-corrected chi connectivity index (χ2v) is 4.58. The fourth-order valence-corrected chi connectivity index (χ4v) is 1.75.